The van der Waals surface area contributed by atoms with Crippen LogP contribution in [0.15, 0.2) is 41.3 Å². The van der Waals surface area contributed by atoms with Gasteiger partial charge in [0, 0.05) is 18.8 Å². The van der Waals surface area contributed by atoms with Crippen LogP contribution in [0.1, 0.15) is 41.8 Å². The predicted octanol–water partition coefficient (Wildman–Crippen LogP) is 4.36. The molecule has 7 heteroatoms. The second-order valence-corrected chi connectivity index (χ2v) is 10.2. The predicted molar refractivity (Wildman–Crippen MR) is 112 cm³/mol. The minimum Gasteiger partial charge on any atom is -0.322 e. The molecule has 2 aromatic carbocycles. The van der Waals surface area contributed by atoms with E-state index in [9.17, 15) is 17.6 Å². The number of amides is 1. The summed E-state index contributed by atoms with van der Waals surface area (Å²) in [5.74, 6) is -0.932. The molecule has 0 aliphatic carbocycles. The van der Waals surface area contributed by atoms with Crippen molar-refractivity contribution in [1.82, 2.24) is 4.31 Å². The Labute approximate surface area is 172 Å². The number of rotatable bonds is 4. The molecule has 0 spiro atoms. The van der Waals surface area contributed by atoms with Crippen LogP contribution in [0.2, 0.25) is 0 Å². The van der Waals surface area contributed by atoms with Gasteiger partial charge in [-0.15, -0.1) is 0 Å². The Morgan fingerprint density at radius 1 is 1.03 bits per heavy atom. The molecule has 1 aliphatic heterocycles. The summed E-state index contributed by atoms with van der Waals surface area (Å²) in [6.07, 6.45) is 0.971. The Bertz CT molecular complexity index is 1010. The van der Waals surface area contributed by atoms with Gasteiger partial charge in [-0.3, -0.25) is 4.79 Å². The number of piperidine rings is 1. The maximum absolute atomic E-state index is 14.4. The molecular weight excluding hydrogens is 391 g/mol. The van der Waals surface area contributed by atoms with Crippen molar-refractivity contribution in [2.24, 2.45) is 11.8 Å². The molecule has 1 N–H and O–H groups in total. The standard InChI is InChI=1S/C22H27FN2O3S/c1-14-7-15(2)10-18(9-14)24-22(26)20-11-19(5-6-21(20)23)29(27,28)25-12-16(3)8-17(4)13-25/h5-7,9-11,16-17H,8,12-13H2,1-4H3,(H,24,26). The first-order chi connectivity index (χ1) is 13.6. The van der Waals surface area contributed by atoms with Crippen LogP contribution in [0, 0.1) is 31.5 Å². The number of nitrogens with one attached hydrogen (secondary N) is 1. The highest BCUT2D eigenvalue weighted by molar-refractivity contribution is 7.89. The quantitative estimate of drug-likeness (QED) is 0.802. The number of nitrogens with zero attached hydrogens (tertiary/aromatic N) is 1. The molecule has 5 nitrogen and oxygen atoms in total. The van der Waals surface area contributed by atoms with Crippen LogP contribution in [0.4, 0.5) is 10.1 Å². The number of aryl methyl sites for hydroxylation is 2. The number of halogens is 1. The summed E-state index contributed by atoms with van der Waals surface area (Å²) < 4.78 is 42.0. The molecule has 1 heterocycles. The van der Waals surface area contributed by atoms with Crippen molar-refractivity contribution in [3.8, 4) is 0 Å². The lowest BCUT2D eigenvalue weighted by Gasteiger charge is -2.34. The van der Waals surface area contributed by atoms with Gasteiger partial charge in [0.05, 0.1) is 10.5 Å². The number of carbonyl (C=O) groups excluding carboxylic acids is 1. The van der Waals surface area contributed by atoms with Gasteiger partial charge in [0.15, 0.2) is 0 Å². The van der Waals surface area contributed by atoms with Gasteiger partial charge in [-0.1, -0.05) is 19.9 Å². The van der Waals surface area contributed by atoms with E-state index in [0.717, 1.165) is 29.7 Å². The highest BCUT2D eigenvalue weighted by Crippen LogP contribution is 2.28. The topological polar surface area (TPSA) is 66.5 Å². The second-order valence-electron chi connectivity index (χ2n) is 8.24. The molecule has 3 rings (SSSR count). The maximum atomic E-state index is 14.4. The summed E-state index contributed by atoms with van der Waals surface area (Å²) in [7, 11) is -3.80. The third-order valence-corrected chi connectivity index (χ3v) is 6.96. The van der Waals surface area contributed by atoms with Crippen LogP contribution in [0.25, 0.3) is 0 Å². The maximum Gasteiger partial charge on any atom is 0.258 e. The highest BCUT2D eigenvalue weighted by atomic mass is 32.2. The van der Waals surface area contributed by atoms with Crippen molar-refractivity contribution in [3.05, 3.63) is 58.9 Å². The Morgan fingerprint density at radius 3 is 2.21 bits per heavy atom. The van der Waals surface area contributed by atoms with Crippen LogP contribution >= 0.6 is 0 Å². The smallest absolute Gasteiger partial charge is 0.258 e. The molecule has 1 saturated heterocycles. The van der Waals surface area contributed by atoms with Crippen molar-refractivity contribution in [2.75, 3.05) is 18.4 Å². The first-order valence-electron chi connectivity index (χ1n) is 9.75. The van der Waals surface area contributed by atoms with Crippen LogP contribution < -0.4 is 5.32 Å². The van der Waals surface area contributed by atoms with Crippen LogP contribution in [-0.4, -0.2) is 31.7 Å². The average Bonchev–Trinajstić information content (AvgIpc) is 2.60. The third-order valence-electron chi connectivity index (χ3n) is 5.14. The van der Waals surface area contributed by atoms with E-state index in [-0.39, 0.29) is 22.3 Å². The van der Waals surface area contributed by atoms with Gasteiger partial charge in [0.25, 0.3) is 5.91 Å². The zero-order valence-electron chi connectivity index (χ0n) is 17.2. The highest BCUT2D eigenvalue weighted by Gasteiger charge is 2.32. The van der Waals surface area contributed by atoms with Crippen molar-refractivity contribution >= 4 is 21.6 Å². The molecule has 1 fully saturated rings. The summed E-state index contributed by atoms with van der Waals surface area (Å²) in [6.45, 7) is 8.69. The lowest BCUT2D eigenvalue weighted by molar-refractivity contribution is 0.102. The van der Waals surface area contributed by atoms with E-state index in [2.05, 4.69) is 5.32 Å². The van der Waals surface area contributed by atoms with Crippen LogP contribution in [0.5, 0.6) is 0 Å². The zero-order chi connectivity index (χ0) is 21.3. The van der Waals surface area contributed by atoms with Gasteiger partial charge in [0.2, 0.25) is 10.0 Å². The molecule has 1 amide bonds. The zero-order valence-corrected chi connectivity index (χ0v) is 18.0. The van der Waals surface area contributed by atoms with E-state index in [1.54, 1.807) is 12.1 Å². The van der Waals surface area contributed by atoms with Gasteiger partial charge in [-0.2, -0.15) is 4.31 Å². The third kappa shape index (κ3) is 4.85. The number of hydrogen-bond donors (Lipinski definition) is 1. The molecule has 2 atom stereocenters. The number of carbonyl (C=O) groups is 1. The summed E-state index contributed by atoms with van der Waals surface area (Å²) in [6, 6.07) is 8.92. The Hall–Kier alpha value is -2.25. The molecular formula is C22H27FN2O3S. The van der Waals surface area contributed by atoms with E-state index in [0.29, 0.717) is 18.8 Å². The van der Waals surface area contributed by atoms with E-state index in [1.807, 2.05) is 33.8 Å². The van der Waals surface area contributed by atoms with Gasteiger partial charge in [0.1, 0.15) is 5.82 Å². The van der Waals surface area contributed by atoms with Crippen LogP contribution in [-0.2, 0) is 10.0 Å². The minimum absolute atomic E-state index is 0.0641. The Balaban J connectivity index is 1.90. The number of anilines is 1. The number of sulfonamides is 1. The SMILES string of the molecule is Cc1cc(C)cc(NC(=O)c2cc(S(=O)(=O)N3CC(C)CC(C)C3)ccc2F)c1. The van der Waals surface area contributed by atoms with E-state index < -0.39 is 21.7 Å². The average molecular weight is 419 g/mol. The van der Waals surface area contributed by atoms with Gasteiger partial charge >= 0.3 is 0 Å². The molecule has 156 valence electrons. The van der Waals surface area contributed by atoms with E-state index in [1.165, 1.54) is 10.4 Å². The first kappa shape index (κ1) is 21.5. The Morgan fingerprint density at radius 2 is 1.62 bits per heavy atom. The van der Waals surface area contributed by atoms with E-state index in [4.69, 9.17) is 0 Å². The fourth-order valence-electron chi connectivity index (χ4n) is 4.04. The fourth-order valence-corrected chi connectivity index (χ4v) is 5.74. The second kappa shape index (κ2) is 8.24. The first-order valence-corrected chi connectivity index (χ1v) is 11.2. The number of benzene rings is 2. The molecule has 0 bridgehead atoms. The van der Waals surface area contributed by atoms with Crippen molar-refractivity contribution in [3.63, 3.8) is 0 Å². The molecule has 29 heavy (non-hydrogen) atoms. The van der Waals surface area contributed by atoms with Crippen molar-refractivity contribution < 1.29 is 17.6 Å². The van der Waals surface area contributed by atoms with Crippen molar-refractivity contribution in [2.45, 2.75) is 39.0 Å². The van der Waals surface area contributed by atoms with Crippen LogP contribution in [0.3, 0.4) is 0 Å². The molecule has 0 aromatic heterocycles. The van der Waals surface area contributed by atoms with Gasteiger partial charge in [-0.25, -0.2) is 12.8 Å². The molecule has 0 radical (unpaired) electrons. The molecule has 0 saturated carbocycles. The summed E-state index contributed by atoms with van der Waals surface area (Å²) in [5.41, 5.74) is 2.18. The van der Waals surface area contributed by atoms with Gasteiger partial charge < -0.3 is 5.32 Å². The largest absolute Gasteiger partial charge is 0.322 e. The fraction of sp³-hybridized carbons (Fsp3) is 0.409. The monoisotopic (exact) mass is 418 g/mol. The van der Waals surface area contributed by atoms with Gasteiger partial charge in [-0.05, 0) is 73.6 Å². The van der Waals surface area contributed by atoms with Crippen molar-refractivity contribution in [1.29, 1.82) is 0 Å². The summed E-state index contributed by atoms with van der Waals surface area (Å²) in [5, 5.41) is 2.67. The minimum atomic E-state index is -3.80. The number of hydrogen-bond acceptors (Lipinski definition) is 3. The molecule has 1 aliphatic rings. The lowest BCUT2D eigenvalue weighted by atomic mass is 9.94. The molecule has 2 unspecified atom stereocenters. The Kier molecular flexibility index (Phi) is 6.10. The van der Waals surface area contributed by atoms with E-state index >= 15 is 0 Å². The summed E-state index contributed by atoms with van der Waals surface area (Å²) >= 11 is 0. The summed E-state index contributed by atoms with van der Waals surface area (Å²) in [4.78, 5) is 12.6. The normalized spacial score (nSPS) is 20.4. The lowest BCUT2D eigenvalue weighted by Crippen LogP contribution is -2.42. The molecule has 2 aromatic rings.